The van der Waals surface area contributed by atoms with E-state index in [4.69, 9.17) is 0 Å². The van der Waals surface area contributed by atoms with Crippen LogP contribution in [0.5, 0.6) is 5.75 Å². The second-order valence-electron chi connectivity index (χ2n) is 4.73. The third kappa shape index (κ3) is 3.65. The van der Waals surface area contributed by atoms with Gasteiger partial charge in [-0.3, -0.25) is 0 Å². The van der Waals surface area contributed by atoms with E-state index < -0.39 is 0 Å². The van der Waals surface area contributed by atoms with Crippen molar-refractivity contribution in [2.24, 2.45) is 5.92 Å². The molecule has 0 saturated carbocycles. The van der Waals surface area contributed by atoms with Crippen LogP contribution < -0.4 is 5.32 Å². The van der Waals surface area contributed by atoms with Crippen molar-refractivity contribution < 1.29 is 5.11 Å². The normalized spacial score (nSPS) is 24.1. The lowest BCUT2D eigenvalue weighted by molar-refractivity contribution is 0.425. The highest BCUT2D eigenvalue weighted by Crippen LogP contribution is 2.27. The van der Waals surface area contributed by atoms with E-state index in [9.17, 15) is 5.11 Å². The van der Waals surface area contributed by atoms with Gasteiger partial charge in [-0.25, -0.2) is 0 Å². The van der Waals surface area contributed by atoms with Crippen LogP contribution in [-0.4, -0.2) is 29.2 Å². The largest absolute Gasteiger partial charge is 0.508 e. The van der Waals surface area contributed by atoms with Gasteiger partial charge in [-0.05, 0) is 48.8 Å². The van der Waals surface area contributed by atoms with Gasteiger partial charge >= 0.3 is 0 Å². The third-order valence-corrected chi connectivity index (χ3v) is 4.55. The topological polar surface area (TPSA) is 32.3 Å². The Morgan fingerprint density at radius 2 is 2.06 bits per heavy atom. The van der Waals surface area contributed by atoms with Gasteiger partial charge < -0.3 is 10.4 Å². The first-order valence-corrected chi connectivity index (χ1v) is 7.54. The van der Waals surface area contributed by atoms with Crippen molar-refractivity contribution in [3.05, 3.63) is 29.8 Å². The standard InChI is InChI=1S/C14H21NOS/c1-2-7-15-14-10-17-9-12(14)8-11-3-5-13(16)6-4-11/h3-6,12,14-16H,2,7-10H2,1H3. The average molecular weight is 251 g/mol. The number of rotatable bonds is 5. The van der Waals surface area contributed by atoms with Gasteiger partial charge in [0.25, 0.3) is 0 Å². The van der Waals surface area contributed by atoms with Crippen LogP contribution in [0.2, 0.25) is 0 Å². The summed E-state index contributed by atoms with van der Waals surface area (Å²) in [5.74, 6) is 3.58. The number of aromatic hydroxyl groups is 1. The Morgan fingerprint density at radius 3 is 2.76 bits per heavy atom. The Labute approximate surface area is 108 Å². The van der Waals surface area contributed by atoms with Crippen molar-refractivity contribution in [3.8, 4) is 5.75 Å². The van der Waals surface area contributed by atoms with Crippen LogP contribution in [0.25, 0.3) is 0 Å². The van der Waals surface area contributed by atoms with Crippen LogP contribution in [-0.2, 0) is 6.42 Å². The number of hydrogen-bond acceptors (Lipinski definition) is 3. The van der Waals surface area contributed by atoms with E-state index >= 15 is 0 Å². The maximum Gasteiger partial charge on any atom is 0.115 e. The van der Waals surface area contributed by atoms with Crippen molar-refractivity contribution in [1.82, 2.24) is 5.32 Å². The van der Waals surface area contributed by atoms with Gasteiger partial charge in [0.1, 0.15) is 5.75 Å². The van der Waals surface area contributed by atoms with Gasteiger partial charge in [-0.2, -0.15) is 11.8 Å². The fraction of sp³-hybridized carbons (Fsp3) is 0.571. The van der Waals surface area contributed by atoms with Crippen molar-refractivity contribution >= 4 is 11.8 Å². The molecule has 0 radical (unpaired) electrons. The van der Waals surface area contributed by atoms with Gasteiger partial charge in [0.05, 0.1) is 0 Å². The van der Waals surface area contributed by atoms with E-state index in [1.165, 1.54) is 23.5 Å². The Balaban J connectivity index is 1.90. The number of benzene rings is 1. The summed E-state index contributed by atoms with van der Waals surface area (Å²) in [6, 6.07) is 8.30. The Kier molecular flexibility index (Phi) is 4.75. The average Bonchev–Trinajstić information content (AvgIpc) is 2.77. The molecule has 2 rings (SSSR count). The second-order valence-corrected chi connectivity index (χ2v) is 5.80. The predicted molar refractivity (Wildman–Crippen MR) is 74.7 cm³/mol. The van der Waals surface area contributed by atoms with Crippen LogP contribution >= 0.6 is 11.8 Å². The maximum absolute atomic E-state index is 9.27. The number of phenolic OH excluding ortho intramolecular Hbond substituents is 1. The number of phenols is 1. The molecule has 2 nitrogen and oxygen atoms in total. The summed E-state index contributed by atoms with van der Waals surface area (Å²) in [6.07, 6.45) is 2.32. The molecule has 0 spiro atoms. The minimum Gasteiger partial charge on any atom is -0.508 e. The summed E-state index contributed by atoms with van der Waals surface area (Å²) in [5.41, 5.74) is 1.33. The third-order valence-electron chi connectivity index (χ3n) is 3.29. The zero-order valence-electron chi connectivity index (χ0n) is 10.4. The van der Waals surface area contributed by atoms with Crippen LogP contribution in [0.4, 0.5) is 0 Å². The smallest absolute Gasteiger partial charge is 0.115 e. The van der Waals surface area contributed by atoms with Crippen LogP contribution in [0.1, 0.15) is 18.9 Å². The zero-order chi connectivity index (χ0) is 12.1. The molecular formula is C14H21NOS. The zero-order valence-corrected chi connectivity index (χ0v) is 11.2. The molecule has 1 aromatic rings. The predicted octanol–water partition coefficient (Wildman–Crippen LogP) is 2.67. The molecule has 1 aliphatic heterocycles. The van der Waals surface area contributed by atoms with E-state index in [1.54, 1.807) is 12.1 Å². The van der Waals surface area contributed by atoms with Crippen molar-refractivity contribution in [2.75, 3.05) is 18.1 Å². The summed E-state index contributed by atoms with van der Waals surface area (Å²) in [6.45, 7) is 3.33. The molecule has 1 fully saturated rings. The van der Waals surface area contributed by atoms with E-state index in [-0.39, 0.29) is 0 Å². The number of nitrogens with one attached hydrogen (secondary N) is 1. The van der Waals surface area contributed by atoms with E-state index in [0.29, 0.717) is 11.8 Å². The van der Waals surface area contributed by atoms with Gasteiger partial charge in [0.15, 0.2) is 0 Å². The van der Waals surface area contributed by atoms with Crippen LogP contribution in [0, 0.1) is 5.92 Å². The van der Waals surface area contributed by atoms with Gasteiger partial charge in [-0.1, -0.05) is 19.1 Å². The lowest BCUT2D eigenvalue weighted by Crippen LogP contribution is -2.36. The summed E-state index contributed by atoms with van der Waals surface area (Å²) in [5, 5.41) is 12.9. The maximum atomic E-state index is 9.27. The van der Waals surface area contributed by atoms with Crippen LogP contribution in [0.3, 0.4) is 0 Å². The van der Waals surface area contributed by atoms with E-state index in [0.717, 1.165) is 18.9 Å². The molecule has 3 heteroatoms. The molecule has 1 heterocycles. The van der Waals surface area contributed by atoms with Gasteiger partial charge in [0, 0.05) is 11.8 Å². The molecule has 0 amide bonds. The lowest BCUT2D eigenvalue weighted by Gasteiger charge is -2.20. The molecule has 2 atom stereocenters. The first-order valence-electron chi connectivity index (χ1n) is 6.38. The molecule has 0 aromatic heterocycles. The Hall–Kier alpha value is -0.670. The van der Waals surface area contributed by atoms with Gasteiger partial charge in [0.2, 0.25) is 0 Å². The molecule has 1 saturated heterocycles. The first-order chi connectivity index (χ1) is 8.29. The Bertz CT molecular complexity index is 339. The molecule has 1 aliphatic rings. The highest BCUT2D eigenvalue weighted by atomic mass is 32.2. The first kappa shape index (κ1) is 12.8. The SMILES string of the molecule is CCCNC1CSCC1Cc1ccc(O)cc1. The van der Waals surface area contributed by atoms with Gasteiger partial charge in [-0.15, -0.1) is 0 Å². The van der Waals surface area contributed by atoms with Crippen molar-refractivity contribution in [3.63, 3.8) is 0 Å². The molecule has 0 bridgehead atoms. The summed E-state index contributed by atoms with van der Waals surface area (Å²) < 4.78 is 0. The molecule has 2 unspecified atom stereocenters. The summed E-state index contributed by atoms with van der Waals surface area (Å²) in [7, 11) is 0. The van der Waals surface area contributed by atoms with E-state index in [1.807, 2.05) is 12.1 Å². The van der Waals surface area contributed by atoms with Crippen LogP contribution in [0.15, 0.2) is 24.3 Å². The molecule has 2 N–H and O–H groups in total. The minimum absolute atomic E-state index is 0.357. The monoisotopic (exact) mass is 251 g/mol. The lowest BCUT2D eigenvalue weighted by atomic mass is 9.95. The second kappa shape index (κ2) is 6.31. The number of hydrogen-bond donors (Lipinski definition) is 2. The molecule has 94 valence electrons. The highest BCUT2D eigenvalue weighted by Gasteiger charge is 2.27. The molecule has 17 heavy (non-hydrogen) atoms. The fourth-order valence-electron chi connectivity index (χ4n) is 2.29. The molecular weight excluding hydrogens is 230 g/mol. The highest BCUT2D eigenvalue weighted by molar-refractivity contribution is 7.99. The Morgan fingerprint density at radius 1 is 1.29 bits per heavy atom. The fourth-order valence-corrected chi connectivity index (χ4v) is 3.72. The summed E-state index contributed by atoms with van der Waals surface area (Å²) in [4.78, 5) is 0. The van der Waals surface area contributed by atoms with Crippen molar-refractivity contribution in [1.29, 1.82) is 0 Å². The van der Waals surface area contributed by atoms with E-state index in [2.05, 4.69) is 24.0 Å². The summed E-state index contributed by atoms with van der Waals surface area (Å²) >= 11 is 2.05. The van der Waals surface area contributed by atoms with Crippen molar-refractivity contribution in [2.45, 2.75) is 25.8 Å². The number of thioether (sulfide) groups is 1. The quantitative estimate of drug-likeness (QED) is 0.844. The molecule has 1 aromatic carbocycles. The minimum atomic E-state index is 0.357. The molecule has 0 aliphatic carbocycles.